The van der Waals surface area contributed by atoms with Gasteiger partial charge in [0.2, 0.25) is 17.7 Å². The molecule has 0 saturated carbocycles. The van der Waals surface area contributed by atoms with Gasteiger partial charge in [0.05, 0.1) is 32.0 Å². The predicted octanol–water partition coefficient (Wildman–Crippen LogP) is -0.165. The number of hydrogen-bond acceptors (Lipinski definition) is 11. The summed E-state index contributed by atoms with van der Waals surface area (Å²) >= 11 is 0. The van der Waals surface area contributed by atoms with Crippen LogP contribution >= 0.6 is 0 Å². The summed E-state index contributed by atoms with van der Waals surface area (Å²) in [5, 5.41) is 9.49. The standard InChI is InChI=1S/C15H19N7O7S/c1-8-7-28-20-12(29-8)9-6-16-22(2)13(9)30(24,25)21-15(23)19-14-17-10(26-3)5-11(18-14)27-4/h5-6,8H,7H2,1-4H3,(H2,17,18,19,21,23). The highest BCUT2D eigenvalue weighted by atomic mass is 32.2. The largest absolute Gasteiger partial charge is 0.481 e. The first-order valence-electron chi connectivity index (χ1n) is 8.43. The molecule has 3 heterocycles. The SMILES string of the molecule is COc1cc(OC)nc(NC(=O)NS(=O)(=O)c2c(C3=NOCC(C)O3)cnn2C)n1. The van der Waals surface area contributed by atoms with E-state index in [-0.39, 0.29) is 46.9 Å². The van der Waals surface area contributed by atoms with Crippen LogP contribution in [0.4, 0.5) is 10.7 Å². The normalized spacial score (nSPS) is 16.0. The van der Waals surface area contributed by atoms with Crippen molar-refractivity contribution >= 4 is 27.9 Å². The average molecular weight is 441 g/mol. The molecule has 0 fully saturated rings. The third-order valence-electron chi connectivity index (χ3n) is 3.69. The minimum absolute atomic E-state index is 0.0312. The molecule has 3 rings (SSSR count). The zero-order valence-electron chi connectivity index (χ0n) is 16.4. The number of rotatable bonds is 6. The van der Waals surface area contributed by atoms with Crippen molar-refractivity contribution in [2.75, 3.05) is 26.1 Å². The first kappa shape index (κ1) is 21.1. The Morgan fingerprint density at radius 1 is 1.27 bits per heavy atom. The highest BCUT2D eigenvalue weighted by Crippen LogP contribution is 2.20. The van der Waals surface area contributed by atoms with Gasteiger partial charge in [0.15, 0.2) is 11.6 Å². The Balaban J connectivity index is 1.83. The Hall–Kier alpha value is -3.62. The molecule has 1 unspecified atom stereocenters. The number of sulfonamides is 1. The average Bonchev–Trinajstić information content (AvgIpc) is 3.09. The van der Waals surface area contributed by atoms with Crippen molar-refractivity contribution in [1.82, 2.24) is 24.5 Å². The quantitative estimate of drug-likeness (QED) is 0.614. The maximum absolute atomic E-state index is 12.8. The third-order valence-corrected chi connectivity index (χ3v) is 5.14. The number of nitrogens with zero attached hydrogens (tertiary/aromatic N) is 5. The second kappa shape index (κ2) is 8.40. The van der Waals surface area contributed by atoms with Gasteiger partial charge in [0.25, 0.3) is 15.9 Å². The summed E-state index contributed by atoms with van der Waals surface area (Å²) in [6, 6.07) is 0.268. The van der Waals surface area contributed by atoms with E-state index in [1.54, 1.807) is 6.92 Å². The fourth-order valence-corrected chi connectivity index (χ4v) is 3.63. The van der Waals surface area contributed by atoms with Crippen LogP contribution in [0.3, 0.4) is 0 Å². The smallest absolute Gasteiger partial charge is 0.335 e. The fraction of sp³-hybridized carbons (Fsp3) is 0.400. The summed E-state index contributed by atoms with van der Waals surface area (Å²) in [7, 11) is -0.280. The number of aryl methyl sites for hydroxylation is 1. The molecule has 15 heteroatoms. The highest BCUT2D eigenvalue weighted by Gasteiger charge is 2.31. The van der Waals surface area contributed by atoms with Gasteiger partial charge in [-0.3, -0.25) is 10.00 Å². The minimum Gasteiger partial charge on any atom is -0.481 e. The van der Waals surface area contributed by atoms with Gasteiger partial charge in [-0.1, -0.05) is 0 Å². The first-order valence-corrected chi connectivity index (χ1v) is 9.91. The molecular formula is C15H19N7O7S. The zero-order valence-corrected chi connectivity index (χ0v) is 17.3. The van der Waals surface area contributed by atoms with Gasteiger partial charge >= 0.3 is 6.03 Å². The van der Waals surface area contributed by atoms with Gasteiger partial charge in [-0.25, -0.2) is 9.52 Å². The lowest BCUT2D eigenvalue weighted by atomic mass is 10.3. The first-order chi connectivity index (χ1) is 14.2. The molecule has 1 aliphatic heterocycles. The Kier molecular flexibility index (Phi) is 5.91. The van der Waals surface area contributed by atoms with E-state index in [0.717, 1.165) is 4.68 Å². The van der Waals surface area contributed by atoms with E-state index in [1.165, 1.54) is 33.5 Å². The number of urea groups is 1. The molecule has 162 valence electrons. The molecule has 1 atom stereocenters. The van der Waals surface area contributed by atoms with Crippen LogP contribution < -0.4 is 19.5 Å². The predicted molar refractivity (Wildman–Crippen MR) is 101 cm³/mol. The maximum atomic E-state index is 12.8. The molecule has 2 amide bonds. The lowest BCUT2D eigenvalue weighted by molar-refractivity contribution is 0.0194. The van der Waals surface area contributed by atoms with E-state index < -0.39 is 16.1 Å². The lowest BCUT2D eigenvalue weighted by Crippen LogP contribution is -2.37. The van der Waals surface area contributed by atoms with Crippen molar-refractivity contribution in [2.24, 2.45) is 12.2 Å². The number of methoxy groups -OCH3 is 2. The van der Waals surface area contributed by atoms with E-state index in [2.05, 4.69) is 25.5 Å². The molecule has 30 heavy (non-hydrogen) atoms. The van der Waals surface area contributed by atoms with Crippen LogP contribution in [-0.2, 0) is 26.6 Å². The molecular weight excluding hydrogens is 422 g/mol. The Labute approximate surface area is 171 Å². The number of aromatic nitrogens is 4. The summed E-state index contributed by atoms with van der Waals surface area (Å²) in [4.78, 5) is 25.1. The third kappa shape index (κ3) is 4.51. The minimum atomic E-state index is -4.39. The van der Waals surface area contributed by atoms with Gasteiger partial charge in [0, 0.05) is 7.05 Å². The second-order valence-corrected chi connectivity index (χ2v) is 7.54. The van der Waals surface area contributed by atoms with E-state index in [4.69, 9.17) is 19.0 Å². The van der Waals surface area contributed by atoms with Gasteiger partial charge in [-0.05, 0) is 12.1 Å². The number of ether oxygens (including phenoxy) is 3. The van der Waals surface area contributed by atoms with Gasteiger partial charge in [0.1, 0.15) is 6.10 Å². The molecule has 2 aromatic heterocycles. The molecule has 0 aliphatic carbocycles. The van der Waals surface area contributed by atoms with Gasteiger partial charge < -0.3 is 19.0 Å². The van der Waals surface area contributed by atoms with Crippen LogP contribution in [0.2, 0.25) is 0 Å². The maximum Gasteiger partial charge on any atom is 0.335 e. The molecule has 1 aliphatic rings. The van der Waals surface area contributed by atoms with Gasteiger partial charge in [-0.2, -0.15) is 23.5 Å². The molecule has 0 radical (unpaired) electrons. The van der Waals surface area contributed by atoms with E-state index in [1.807, 2.05) is 4.72 Å². The van der Waals surface area contributed by atoms with Crippen LogP contribution in [-0.4, -0.2) is 67.0 Å². The number of carbonyl (C=O) groups is 1. The number of amides is 2. The molecule has 2 aromatic rings. The summed E-state index contributed by atoms with van der Waals surface area (Å²) in [5.41, 5.74) is 0.0312. The van der Waals surface area contributed by atoms with Crippen molar-refractivity contribution in [3.63, 3.8) is 0 Å². The summed E-state index contributed by atoms with van der Waals surface area (Å²) in [5.74, 6) is -0.0825. The van der Waals surface area contributed by atoms with Crippen LogP contribution in [0, 0.1) is 0 Å². The summed E-state index contributed by atoms with van der Waals surface area (Å²) < 4.78 is 44.0. The molecule has 2 N–H and O–H groups in total. The number of oxime groups is 1. The van der Waals surface area contributed by atoms with Crippen LogP contribution in [0.15, 0.2) is 22.4 Å². The van der Waals surface area contributed by atoms with Crippen molar-refractivity contribution in [2.45, 2.75) is 18.1 Å². The molecule has 0 spiro atoms. The second-order valence-electron chi connectivity index (χ2n) is 5.94. The van der Waals surface area contributed by atoms with Crippen LogP contribution in [0.25, 0.3) is 0 Å². The van der Waals surface area contributed by atoms with Gasteiger partial charge in [-0.15, -0.1) is 0 Å². The van der Waals surface area contributed by atoms with Crippen LogP contribution in [0.1, 0.15) is 12.5 Å². The molecule has 0 bridgehead atoms. The van der Waals surface area contributed by atoms with E-state index in [9.17, 15) is 13.2 Å². The zero-order chi connectivity index (χ0) is 21.9. The number of anilines is 1. The lowest BCUT2D eigenvalue weighted by Gasteiger charge is -2.19. The van der Waals surface area contributed by atoms with E-state index >= 15 is 0 Å². The van der Waals surface area contributed by atoms with Crippen molar-refractivity contribution in [3.8, 4) is 11.8 Å². The molecule has 0 aromatic carbocycles. The summed E-state index contributed by atoms with van der Waals surface area (Å²) in [6.07, 6.45) is 0.896. The molecule has 0 saturated heterocycles. The number of carbonyl (C=O) groups excluding carboxylic acids is 1. The monoisotopic (exact) mass is 441 g/mol. The van der Waals surface area contributed by atoms with Crippen molar-refractivity contribution in [3.05, 3.63) is 17.8 Å². The number of nitrogens with one attached hydrogen (secondary N) is 2. The van der Waals surface area contributed by atoms with Crippen molar-refractivity contribution < 1.29 is 32.3 Å². The highest BCUT2D eigenvalue weighted by molar-refractivity contribution is 7.90. The topological polar surface area (TPSA) is 168 Å². The molecule has 14 nitrogen and oxygen atoms in total. The van der Waals surface area contributed by atoms with Crippen molar-refractivity contribution in [1.29, 1.82) is 0 Å². The Morgan fingerprint density at radius 2 is 1.93 bits per heavy atom. The number of hydrogen-bond donors (Lipinski definition) is 2. The van der Waals surface area contributed by atoms with Crippen LogP contribution in [0.5, 0.6) is 11.8 Å². The van der Waals surface area contributed by atoms with E-state index in [0.29, 0.717) is 0 Å². The Bertz CT molecular complexity index is 1060. The summed E-state index contributed by atoms with van der Waals surface area (Å²) in [6.45, 7) is 1.95. The fourth-order valence-electron chi connectivity index (χ4n) is 2.42. The Morgan fingerprint density at radius 3 is 2.53 bits per heavy atom.